The smallest absolute Gasteiger partial charge is 0.257 e. The third-order valence-electron chi connectivity index (χ3n) is 4.08. The summed E-state index contributed by atoms with van der Waals surface area (Å²) in [4.78, 5) is 25.2. The van der Waals surface area contributed by atoms with E-state index in [9.17, 15) is 9.59 Å². The Labute approximate surface area is 163 Å². The summed E-state index contributed by atoms with van der Waals surface area (Å²) in [5.74, 6) is -0.618. The normalized spacial score (nSPS) is 10.3. The third-order valence-corrected chi connectivity index (χ3v) is 4.40. The molecule has 3 rings (SSSR count). The van der Waals surface area contributed by atoms with Crippen molar-refractivity contribution in [3.8, 4) is 0 Å². The molecule has 0 radical (unpaired) electrons. The molecule has 0 aliphatic rings. The van der Waals surface area contributed by atoms with E-state index in [2.05, 4.69) is 10.6 Å². The van der Waals surface area contributed by atoms with Crippen molar-refractivity contribution in [2.24, 2.45) is 0 Å². The highest BCUT2D eigenvalue weighted by Crippen LogP contribution is 2.21. The first-order valence-electron chi connectivity index (χ1n) is 8.53. The second-order valence-corrected chi connectivity index (χ2v) is 6.56. The number of aryl methyl sites for hydroxylation is 1. The van der Waals surface area contributed by atoms with Gasteiger partial charge in [0.1, 0.15) is 0 Å². The average molecular weight is 379 g/mol. The topological polar surface area (TPSA) is 58.2 Å². The van der Waals surface area contributed by atoms with E-state index in [0.29, 0.717) is 28.4 Å². The number of hydrogen-bond acceptors (Lipinski definition) is 2. The zero-order valence-corrected chi connectivity index (χ0v) is 15.6. The first kappa shape index (κ1) is 18.7. The molecule has 0 atom stereocenters. The summed E-state index contributed by atoms with van der Waals surface area (Å²) < 4.78 is 0. The molecule has 4 nitrogen and oxygen atoms in total. The number of amides is 2. The molecule has 2 N–H and O–H groups in total. The molecule has 0 saturated heterocycles. The van der Waals surface area contributed by atoms with Crippen LogP contribution in [0.15, 0.2) is 72.8 Å². The number of benzene rings is 3. The van der Waals surface area contributed by atoms with Gasteiger partial charge in [0.25, 0.3) is 11.8 Å². The van der Waals surface area contributed by atoms with Gasteiger partial charge in [-0.2, -0.15) is 0 Å². The molecule has 0 saturated carbocycles. The lowest BCUT2D eigenvalue weighted by Gasteiger charge is -2.12. The van der Waals surface area contributed by atoms with Gasteiger partial charge in [0.15, 0.2) is 0 Å². The summed E-state index contributed by atoms with van der Waals surface area (Å²) in [5.41, 5.74) is 3.16. The van der Waals surface area contributed by atoms with Crippen molar-refractivity contribution in [2.45, 2.75) is 13.5 Å². The number of anilines is 1. The predicted octanol–water partition coefficient (Wildman–Crippen LogP) is 4.83. The van der Waals surface area contributed by atoms with Gasteiger partial charge in [-0.1, -0.05) is 60.1 Å². The van der Waals surface area contributed by atoms with Gasteiger partial charge in [-0.25, -0.2) is 0 Å². The van der Waals surface area contributed by atoms with Crippen LogP contribution >= 0.6 is 11.6 Å². The van der Waals surface area contributed by atoms with Crippen LogP contribution in [0.1, 0.15) is 31.8 Å². The van der Waals surface area contributed by atoms with Gasteiger partial charge in [-0.15, -0.1) is 0 Å². The van der Waals surface area contributed by atoms with Crippen LogP contribution < -0.4 is 10.6 Å². The molecule has 0 unspecified atom stereocenters. The van der Waals surface area contributed by atoms with Gasteiger partial charge >= 0.3 is 0 Å². The van der Waals surface area contributed by atoms with Gasteiger partial charge in [-0.3, -0.25) is 9.59 Å². The Bertz CT molecular complexity index is 971. The second kappa shape index (κ2) is 8.52. The van der Waals surface area contributed by atoms with E-state index >= 15 is 0 Å². The first-order chi connectivity index (χ1) is 13.0. The molecule has 0 fully saturated rings. The van der Waals surface area contributed by atoms with Crippen molar-refractivity contribution in [3.05, 3.63) is 100 Å². The second-order valence-electron chi connectivity index (χ2n) is 6.15. The highest BCUT2D eigenvalue weighted by atomic mass is 35.5. The van der Waals surface area contributed by atoms with Crippen LogP contribution in [0.3, 0.4) is 0 Å². The minimum atomic E-state index is -0.358. The molecule has 0 spiro atoms. The van der Waals surface area contributed by atoms with Gasteiger partial charge in [0.2, 0.25) is 0 Å². The molecule has 0 bridgehead atoms. The standard InChI is InChI=1S/C22H19ClN2O2/c1-15-11-12-17(19(23)13-15)22(27)25-20-10-6-5-9-18(20)21(26)24-14-16-7-3-2-4-8-16/h2-13H,14H2,1H3,(H,24,26)(H,25,27). The van der Waals surface area contributed by atoms with Gasteiger partial charge in [0, 0.05) is 6.54 Å². The van der Waals surface area contributed by atoms with Crippen LogP contribution in [0, 0.1) is 6.92 Å². The van der Waals surface area contributed by atoms with Crippen LogP contribution in [0.25, 0.3) is 0 Å². The van der Waals surface area contributed by atoms with Gasteiger partial charge < -0.3 is 10.6 Å². The Morgan fingerprint density at radius 2 is 1.56 bits per heavy atom. The monoisotopic (exact) mass is 378 g/mol. The lowest BCUT2D eigenvalue weighted by molar-refractivity contribution is 0.0952. The Morgan fingerprint density at radius 1 is 0.852 bits per heavy atom. The Balaban J connectivity index is 1.75. The van der Waals surface area contributed by atoms with Crippen molar-refractivity contribution in [2.75, 3.05) is 5.32 Å². The van der Waals surface area contributed by atoms with Crippen molar-refractivity contribution < 1.29 is 9.59 Å². The number of para-hydroxylation sites is 1. The van der Waals surface area contributed by atoms with Gasteiger partial charge in [0.05, 0.1) is 21.8 Å². The molecule has 0 aliphatic carbocycles. The van der Waals surface area contributed by atoms with E-state index in [1.807, 2.05) is 43.3 Å². The number of halogens is 1. The first-order valence-corrected chi connectivity index (χ1v) is 8.91. The van der Waals surface area contributed by atoms with Crippen molar-refractivity contribution >= 4 is 29.1 Å². The molecule has 136 valence electrons. The van der Waals surface area contributed by atoms with E-state index in [-0.39, 0.29) is 11.8 Å². The van der Waals surface area contributed by atoms with Crippen LogP contribution in [0.5, 0.6) is 0 Å². The number of rotatable bonds is 5. The molecule has 3 aromatic rings. The van der Waals surface area contributed by atoms with Crippen LogP contribution in [-0.2, 0) is 6.54 Å². The Morgan fingerprint density at radius 3 is 2.30 bits per heavy atom. The molecule has 0 heterocycles. The highest BCUT2D eigenvalue weighted by Gasteiger charge is 2.15. The zero-order chi connectivity index (χ0) is 19.2. The molecular formula is C22H19ClN2O2. The lowest BCUT2D eigenvalue weighted by atomic mass is 10.1. The molecule has 27 heavy (non-hydrogen) atoms. The largest absolute Gasteiger partial charge is 0.348 e. The van der Waals surface area contributed by atoms with E-state index in [1.165, 1.54) is 0 Å². The fourth-order valence-corrected chi connectivity index (χ4v) is 2.98. The average Bonchev–Trinajstić information content (AvgIpc) is 2.67. The molecule has 3 aromatic carbocycles. The maximum atomic E-state index is 12.6. The fourth-order valence-electron chi connectivity index (χ4n) is 2.66. The summed E-state index contributed by atoms with van der Waals surface area (Å²) in [5, 5.41) is 6.03. The fraction of sp³-hybridized carbons (Fsp3) is 0.0909. The van der Waals surface area contributed by atoms with Crippen LogP contribution in [0.2, 0.25) is 5.02 Å². The molecule has 0 aliphatic heterocycles. The zero-order valence-electron chi connectivity index (χ0n) is 14.8. The SMILES string of the molecule is Cc1ccc(C(=O)Nc2ccccc2C(=O)NCc2ccccc2)c(Cl)c1. The quantitative estimate of drug-likeness (QED) is 0.668. The maximum absolute atomic E-state index is 12.6. The Hall–Kier alpha value is -3.11. The Kier molecular flexibility index (Phi) is 5.89. The van der Waals surface area contributed by atoms with Crippen molar-refractivity contribution in [1.82, 2.24) is 5.32 Å². The highest BCUT2D eigenvalue weighted by molar-refractivity contribution is 6.34. The minimum Gasteiger partial charge on any atom is -0.348 e. The van der Waals surface area contributed by atoms with Crippen LogP contribution in [0.4, 0.5) is 5.69 Å². The van der Waals surface area contributed by atoms with E-state index in [0.717, 1.165) is 11.1 Å². The maximum Gasteiger partial charge on any atom is 0.257 e. The number of carbonyl (C=O) groups is 2. The van der Waals surface area contributed by atoms with Crippen molar-refractivity contribution in [3.63, 3.8) is 0 Å². The predicted molar refractivity (Wildman–Crippen MR) is 108 cm³/mol. The van der Waals surface area contributed by atoms with E-state index in [1.54, 1.807) is 36.4 Å². The molecule has 0 aromatic heterocycles. The molecular weight excluding hydrogens is 360 g/mol. The number of hydrogen-bond donors (Lipinski definition) is 2. The minimum absolute atomic E-state index is 0.259. The molecule has 5 heteroatoms. The summed E-state index contributed by atoms with van der Waals surface area (Å²) in [6, 6.07) is 21.7. The van der Waals surface area contributed by atoms with Crippen molar-refractivity contribution in [1.29, 1.82) is 0 Å². The third kappa shape index (κ3) is 4.74. The summed E-state index contributed by atoms with van der Waals surface area (Å²) in [7, 11) is 0. The lowest BCUT2D eigenvalue weighted by Crippen LogP contribution is -2.25. The summed E-state index contributed by atoms with van der Waals surface area (Å²) in [6.45, 7) is 2.31. The summed E-state index contributed by atoms with van der Waals surface area (Å²) in [6.07, 6.45) is 0. The number of carbonyl (C=O) groups excluding carboxylic acids is 2. The summed E-state index contributed by atoms with van der Waals surface area (Å²) >= 11 is 6.17. The molecule has 2 amide bonds. The number of nitrogens with one attached hydrogen (secondary N) is 2. The van der Waals surface area contributed by atoms with E-state index < -0.39 is 0 Å². The van der Waals surface area contributed by atoms with Crippen LogP contribution in [-0.4, -0.2) is 11.8 Å². The van der Waals surface area contributed by atoms with Gasteiger partial charge in [-0.05, 0) is 42.3 Å². The van der Waals surface area contributed by atoms with E-state index in [4.69, 9.17) is 11.6 Å².